The summed E-state index contributed by atoms with van der Waals surface area (Å²) in [4.78, 5) is 50.8. The number of aryl methyl sites for hydroxylation is 1. The van der Waals surface area contributed by atoms with Crippen LogP contribution >= 0.6 is 17.1 Å². The van der Waals surface area contributed by atoms with Crippen molar-refractivity contribution in [3.05, 3.63) is 81.1 Å². The molecule has 0 saturated heterocycles. The number of aromatic nitrogens is 2. The number of nitrogens with one attached hydrogen (secondary N) is 2. The summed E-state index contributed by atoms with van der Waals surface area (Å²) in [6.45, 7) is 1.38. The quantitative estimate of drug-likeness (QED) is 0.525. The van der Waals surface area contributed by atoms with Crippen molar-refractivity contribution in [3.8, 4) is 23.0 Å². The molecular formula is C19H14N4O8P2. The minimum Gasteiger partial charge on any atom is -0.419 e. The first-order valence-corrected chi connectivity index (χ1v) is 11.7. The number of carbonyl (C=O) groups excluding carboxylic acids is 2. The van der Waals surface area contributed by atoms with Gasteiger partial charge in [-0.1, -0.05) is 24.3 Å². The van der Waals surface area contributed by atoms with Gasteiger partial charge < -0.3 is 18.1 Å². The third kappa shape index (κ3) is 3.90. The second kappa shape index (κ2) is 8.23. The van der Waals surface area contributed by atoms with Crippen molar-refractivity contribution in [2.24, 2.45) is 0 Å². The van der Waals surface area contributed by atoms with Gasteiger partial charge in [-0.2, -0.15) is 4.57 Å². The molecule has 2 aliphatic rings. The summed E-state index contributed by atoms with van der Waals surface area (Å²) in [5, 5.41) is 4.79. The van der Waals surface area contributed by atoms with Crippen molar-refractivity contribution >= 4 is 29.1 Å². The van der Waals surface area contributed by atoms with E-state index in [4.69, 9.17) is 18.1 Å². The second-order valence-electron chi connectivity index (χ2n) is 6.68. The van der Waals surface area contributed by atoms with Crippen molar-refractivity contribution in [3.63, 3.8) is 0 Å². The van der Waals surface area contributed by atoms with E-state index < -0.39 is 40.4 Å². The Morgan fingerprint density at radius 1 is 0.727 bits per heavy atom. The molecule has 0 radical (unpaired) electrons. The normalized spacial score (nSPS) is 14.2. The largest absolute Gasteiger partial charge is 0.419 e. The highest BCUT2D eigenvalue weighted by atomic mass is 31.2. The van der Waals surface area contributed by atoms with Crippen LogP contribution < -0.4 is 39.5 Å². The van der Waals surface area contributed by atoms with Crippen LogP contribution in [0, 0.1) is 6.92 Å². The first kappa shape index (κ1) is 21.0. The van der Waals surface area contributed by atoms with Gasteiger partial charge in [-0.05, 0) is 31.2 Å². The van der Waals surface area contributed by atoms with Gasteiger partial charge in [0.1, 0.15) is 0 Å². The van der Waals surface area contributed by atoms with E-state index in [9.17, 15) is 19.2 Å². The molecule has 14 heteroatoms. The zero-order valence-corrected chi connectivity index (χ0v) is 18.5. The van der Waals surface area contributed by atoms with Crippen LogP contribution in [-0.2, 0) is 0 Å². The Hall–Kier alpha value is -3.88. The zero-order chi connectivity index (χ0) is 23.1. The fourth-order valence-electron chi connectivity index (χ4n) is 3.03. The van der Waals surface area contributed by atoms with E-state index in [-0.39, 0.29) is 10.3 Å². The van der Waals surface area contributed by atoms with Gasteiger partial charge in [-0.25, -0.2) is 29.1 Å². The Morgan fingerprint density at radius 2 is 1.12 bits per heavy atom. The van der Waals surface area contributed by atoms with E-state index in [2.05, 4.69) is 10.2 Å². The monoisotopic (exact) mass is 488 g/mol. The van der Waals surface area contributed by atoms with Crippen LogP contribution in [0.5, 0.6) is 23.0 Å². The Morgan fingerprint density at radius 3 is 1.55 bits per heavy atom. The molecule has 2 aromatic carbocycles. The Kier molecular flexibility index (Phi) is 5.24. The smallest absolute Gasteiger partial charge is 0.418 e. The van der Waals surface area contributed by atoms with Crippen LogP contribution in [0.15, 0.2) is 64.2 Å². The number of rotatable bonds is 2. The van der Waals surface area contributed by atoms with E-state index in [0.717, 1.165) is 6.07 Å². The predicted octanol–water partition coefficient (Wildman–Crippen LogP) is 2.83. The molecule has 0 fully saturated rings. The van der Waals surface area contributed by atoms with Gasteiger partial charge in [0.05, 0.1) is 0 Å². The molecule has 33 heavy (non-hydrogen) atoms. The summed E-state index contributed by atoms with van der Waals surface area (Å²) in [5.74, 6) is 1.71. The van der Waals surface area contributed by atoms with Crippen molar-refractivity contribution in [2.45, 2.75) is 6.92 Å². The molecule has 0 bridgehead atoms. The highest BCUT2D eigenvalue weighted by Gasteiger charge is 2.32. The molecular weight excluding hydrogens is 474 g/mol. The highest BCUT2D eigenvalue weighted by molar-refractivity contribution is 7.47. The zero-order valence-electron chi connectivity index (χ0n) is 16.8. The first-order valence-electron chi connectivity index (χ1n) is 9.38. The maximum Gasteiger partial charge on any atom is 0.418 e. The summed E-state index contributed by atoms with van der Waals surface area (Å²) in [6.07, 6.45) is 0. The summed E-state index contributed by atoms with van der Waals surface area (Å²) < 4.78 is 22.9. The van der Waals surface area contributed by atoms with Gasteiger partial charge in [-0.3, -0.25) is 4.79 Å². The van der Waals surface area contributed by atoms with Crippen molar-refractivity contribution in [1.29, 1.82) is 0 Å². The summed E-state index contributed by atoms with van der Waals surface area (Å²) >= 11 is 0. The van der Waals surface area contributed by atoms with Crippen molar-refractivity contribution < 1.29 is 27.7 Å². The number of fused-ring (bicyclic) bond motifs is 2. The summed E-state index contributed by atoms with van der Waals surface area (Å²) in [5.41, 5.74) is -2.07. The number of carbonyl (C=O) groups is 2. The van der Waals surface area contributed by atoms with Crippen LogP contribution in [0.2, 0.25) is 0 Å². The number of benzene rings is 2. The molecule has 168 valence electrons. The number of hydrogen-bond acceptors (Lipinski definition) is 8. The Balaban J connectivity index is 1.35. The molecule has 1 aromatic heterocycles. The predicted molar refractivity (Wildman–Crippen MR) is 117 cm³/mol. The molecule has 2 aliphatic heterocycles. The van der Waals surface area contributed by atoms with E-state index in [1.807, 2.05) is 0 Å². The standard InChI is InChI=1S/C19H14N4O8P2/c1-11-10-16(24)23(18(26)21-33-30-14-8-4-5-9-15(14)31-33)19(27)22(11)17(25)20-32-28-12-6-2-3-7-13(12)29-32/h2-10H,1H3,(H,20,25)(H,21,26). The third-order valence-electron chi connectivity index (χ3n) is 4.49. The Labute approximate surface area is 187 Å². The SMILES string of the molecule is Cc1cc(=O)n(C(=O)NP2Oc3ccccc3O2)c(=O)n1C(=O)NP1Oc2ccccc2O1. The lowest BCUT2D eigenvalue weighted by Crippen LogP contribution is -2.50. The fourth-order valence-corrected chi connectivity index (χ4v) is 5.12. The molecule has 0 unspecified atom stereocenters. The topological polar surface area (TPSA) is 139 Å². The van der Waals surface area contributed by atoms with E-state index in [1.165, 1.54) is 6.92 Å². The minimum absolute atomic E-state index is 0.0183. The maximum absolute atomic E-state index is 12.9. The number of hydrogen-bond donors (Lipinski definition) is 2. The minimum atomic E-state index is -1.97. The van der Waals surface area contributed by atoms with Crippen LogP contribution in [0.3, 0.4) is 0 Å². The van der Waals surface area contributed by atoms with Gasteiger partial charge in [0.2, 0.25) is 0 Å². The molecule has 3 heterocycles. The van der Waals surface area contributed by atoms with Gasteiger partial charge in [0.25, 0.3) is 5.56 Å². The average molecular weight is 488 g/mol. The van der Waals surface area contributed by atoms with Crippen molar-refractivity contribution in [2.75, 3.05) is 0 Å². The lowest BCUT2D eigenvalue weighted by atomic mass is 10.3. The lowest BCUT2D eigenvalue weighted by Gasteiger charge is -2.14. The van der Waals surface area contributed by atoms with Crippen molar-refractivity contribution in [1.82, 2.24) is 19.3 Å². The Bertz CT molecular complexity index is 1360. The van der Waals surface area contributed by atoms with Gasteiger partial charge in [-0.15, -0.1) is 0 Å². The molecule has 2 N–H and O–H groups in total. The molecule has 12 nitrogen and oxygen atoms in total. The molecule has 3 aromatic rings. The molecule has 5 rings (SSSR count). The summed E-state index contributed by atoms with van der Waals surface area (Å²) in [6, 6.07) is 12.5. The van der Waals surface area contributed by atoms with E-state index in [0.29, 0.717) is 27.6 Å². The summed E-state index contributed by atoms with van der Waals surface area (Å²) in [7, 11) is -3.89. The van der Waals surface area contributed by atoms with Gasteiger partial charge >= 0.3 is 34.8 Å². The average Bonchev–Trinajstić information content (AvgIpc) is 3.35. The molecule has 0 atom stereocenters. The highest BCUT2D eigenvalue weighted by Crippen LogP contribution is 2.50. The van der Waals surface area contributed by atoms with Crippen LogP contribution in [0.4, 0.5) is 9.59 Å². The van der Waals surface area contributed by atoms with E-state index in [1.54, 1.807) is 48.5 Å². The molecule has 0 spiro atoms. The molecule has 0 aliphatic carbocycles. The molecule has 2 amide bonds. The number of para-hydroxylation sites is 4. The first-order chi connectivity index (χ1) is 15.9. The maximum atomic E-state index is 12.9. The number of amides is 2. The van der Waals surface area contributed by atoms with Crippen LogP contribution in [0.1, 0.15) is 5.69 Å². The van der Waals surface area contributed by atoms with Crippen LogP contribution in [-0.4, -0.2) is 21.2 Å². The fraction of sp³-hybridized carbons (Fsp3) is 0.0526. The second-order valence-corrected chi connectivity index (χ2v) is 8.89. The van der Waals surface area contributed by atoms with Gasteiger partial charge in [0, 0.05) is 11.8 Å². The van der Waals surface area contributed by atoms with Gasteiger partial charge in [0.15, 0.2) is 23.0 Å². The van der Waals surface area contributed by atoms with Crippen LogP contribution in [0.25, 0.3) is 0 Å². The third-order valence-corrected chi connectivity index (χ3v) is 6.69. The molecule has 0 saturated carbocycles. The lowest BCUT2D eigenvalue weighted by molar-refractivity contribution is 0.240. The van der Waals surface area contributed by atoms with E-state index >= 15 is 0 Å². The number of nitrogens with zero attached hydrogens (tertiary/aromatic N) is 2.